The lowest BCUT2D eigenvalue weighted by Crippen LogP contribution is -2.41. The summed E-state index contributed by atoms with van der Waals surface area (Å²) in [5, 5.41) is 10.3. The average Bonchev–Trinajstić information content (AvgIpc) is 3.29. The lowest BCUT2D eigenvalue weighted by atomic mass is 10.1. The van der Waals surface area contributed by atoms with E-state index in [-0.39, 0.29) is 11.5 Å². The van der Waals surface area contributed by atoms with E-state index in [4.69, 9.17) is 9.26 Å². The van der Waals surface area contributed by atoms with Crippen LogP contribution in [0.3, 0.4) is 0 Å². The molecule has 0 aliphatic carbocycles. The second-order valence-corrected chi connectivity index (χ2v) is 5.14. The topological polar surface area (TPSA) is 122 Å². The minimum absolute atomic E-state index is 0.00123. The lowest BCUT2D eigenvalue weighted by molar-refractivity contribution is 0.0823. The normalized spacial score (nSPS) is 10.3. The maximum atomic E-state index is 12.1. The highest BCUT2D eigenvalue weighted by Crippen LogP contribution is 2.21. The minimum atomic E-state index is -0.608. The van der Waals surface area contributed by atoms with Crippen LogP contribution in [-0.2, 0) is 0 Å². The number of aromatic nitrogens is 3. The molecule has 0 aliphatic rings. The third-order valence-corrected chi connectivity index (χ3v) is 3.35. The van der Waals surface area contributed by atoms with Crippen molar-refractivity contribution in [2.75, 3.05) is 7.11 Å². The summed E-state index contributed by atoms with van der Waals surface area (Å²) in [4.78, 5) is 23.9. The molecule has 2 aromatic heterocycles. The first kappa shape index (κ1) is 16.2. The minimum Gasteiger partial charge on any atom is -0.497 e. The number of hydrogen-bond acceptors (Lipinski definition) is 6. The van der Waals surface area contributed by atoms with E-state index in [1.54, 1.807) is 32.2 Å². The highest BCUT2D eigenvalue weighted by molar-refractivity contribution is 5.97. The lowest BCUT2D eigenvalue weighted by Gasteiger charge is -2.03. The molecule has 9 nitrogen and oxygen atoms in total. The smallest absolute Gasteiger partial charge is 0.308 e. The fourth-order valence-electron chi connectivity index (χ4n) is 2.06. The van der Waals surface area contributed by atoms with E-state index in [9.17, 15) is 9.59 Å². The molecule has 2 amide bonds. The van der Waals surface area contributed by atoms with Crippen molar-refractivity contribution in [3.8, 4) is 17.0 Å². The van der Waals surface area contributed by atoms with E-state index in [1.807, 2.05) is 12.1 Å². The third-order valence-electron chi connectivity index (χ3n) is 3.35. The van der Waals surface area contributed by atoms with Crippen molar-refractivity contribution in [1.82, 2.24) is 26.2 Å². The van der Waals surface area contributed by atoms with Crippen LogP contribution in [0.15, 0.2) is 40.9 Å². The van der Waals surface area contributed by atoms with E-state index in [1.165, 1.54) is 6.07 Å². The van der Waals surface area contributed by atoms with Gasteiger partial charge in [0, 0.05) is 11.6 Å². The number of methoxy groups -OCH3 is 1. The van der Waals surface area contributed by atoms with Gasteiger partial charge >= 0.3 is 5.91 Å². The van der Waals surface area contributed by atoms with Gasteiger partial charge in [0.2, 0.25) is 5.76 Å². The van der Waals surface area contributed by atoms with E-state index in [0.717, 1.165) is 11.3 Å². The van der Waals surface area contributed by atoms with Crippen LogP contribution in [0, 0.1) is 6.92 Å². The van der Waals surface area contributed by atoms with Crippen LogP contribution in [0.25, 0.3) is 11.3 Å². The zero-order valence-electron chi connectivity index (χ0n) is 13.5. The number of rotatable bonds is 4. The molecule has 9 heteroatoms. The van der Waals surface area contributed by atoms with Gasteiger partial charge in [-0.3, -0.25) is 25.5 Å². The second kappa shape index (κ2) is 6.87. The molecular weight excluding hydrogens is 326 g/mol. The van der Waals surface area contributed by atoms with Gasteiger partial charge in [0.1, 0.15) is 11.4 Å². The van der Waals surface area contributed by atoms with Crippen molar-refractivity contribution in [1.29, 1.82) is 0 Å². The summed E-state index contributed by atoms with van der Waals surface area (Å²) in [6.45, 7) is 1.68. The zero-order valence-corrected chi connectivity index (χ0v) is 13.5. The van der Waals surface area contributed by atoms with Gasteiger partial charge in [-0.1, -0.05) is 5.16 Å². The summed E-state index contributed by atoms with van der Waals surface area (Å²) < 4.78 is 9.90. The first-order chi connectivity index (χ1) is 12.1. The van der Waals surface area contributed by atoms with Crippen LogP contribution in [-0.4, -0.2) is 34.3 Å². The maximum Gasteiger partial charge on any atom is 0.308 e. The molecule has 0 aliphatic heterocycles. The summed E-state index contributed by atoms with van der Waals surface area (Å²) in [6, 6.07) is 10.3. The standard InChI is InChI=1S/C16H15N5O4/c1-9-7-14(25-21-9)16(23)20-19-15(22)13-8-12(17-18-13)10-3-5-11(24-2)6-4-10/h3-8H,1-2H3,(H,17,18)(H,19,22)(H,20,23). The monoisotopic (exact) mass is 341 g/mol. The summed E-state index contributed by atoms with van der Waals surface area (Å²) in [6.07, 6.45) is 0. The number of nitrogens with one attached hydrogen (secondary N) is 3. The average molecular weight is 341 g/mol. The highest BCUT2D eigenvalue weighted by Gasteiger charge is 2.15. The highest BCUT2D eigenvalue weighted by atomic mass is 16.5. The Bertz CT molecular complexity index is 897. The van der Waals surface area contributed by atoms with Gasteiger partial charge in [0.15, 0.2) is 0 Å². The van der Waals surface area contributed by atoms with Crippen LogP contribution in [0.2, 0.25) is 0 Å². The second-order valence-electron chi connectivity index (χ2n) is 5.14. The van der Waals surface area contributed by atoms with Crippen molar-refractivity contribution in [2.24, 2.45) is 0 Å². The number of benzene rings is 1. The Balaban J connectivity index is 1.63. The first-order valence-electron chi connectivity index (χ1n) is 7.30. The number of aryl methyl sites for hydroxylation is 1. The quantitative estimate of drug-likeness (QED) is 0.618. The Hall–Kier alpha value is -3.62. The number of carbonyl (C=O) groups excluding carboxylic acids is 2. The largest absolute Gasteiger partial charge is 0.497 e. The van der Waals surface area contributed by atoms with Crippen molar-refractivity contribution in [3.63, 3.8) is 0 Å². The Morgan fingerprint density at radius 1 is 1.12 bits per heavy atom. The van der Waals surface area contributed by atoms with Gasteiger partial charge in [-0.2, -0.15) is 5.10 Å². The van der Waals surface area contributed by atoms with E-state index < -0.39 is 11.8 Å². The number of carbonyl (C=O) groups is 2. The maximum absolute atomic E-state index is 12.1. The Morgan fingerprint density at radius 3 is 2.48 bits per heavy atom. The van der Waals surface area contributed by atoms with Gasteiger partial charge in [-0.15, -0.1) is 0 Å². The molecule has 0 radical (unpaired) electrons. The summed E-state index contributed by atoms with van der Waals surface area (Å²) >= 11 is 0. The number of H-pyrrole nitrogens is 1. The molecule has 0 saturated carbocycles. The number of nitrogens with zero attached hydrogens (tertiary/aromatic N) is 2. The van der Waals surface area contributed by atoms with Crippen molar-refractivity contribution < 1.29 is 18.8 Å². The van der Waals surface area contributed by atoms with E-state index in [2.05, 4.69) is 26.2 Å². The molecule has 0 atom stereocenters. The number of hydrogen-bond donors (Lipinski definition) is 3. The number of hydrazine groups is 1. The molecule has 0 fully saturated rings. The fourth-order valence-corrected chi connectivity index (χ4v) is 2.06. The summed E-state index contributed by atoms with van der Waals surface area (Å²) in [7, 11) is 1.58. The van der Waals surface area contributed by atoms with Crippen molar-refractivity contribution >= 4 is 11.8 Å². The van der Waals surface area contributed by atoms with Crippen LogP contribution in [0.1, 0.15) is 26.7 Å². The molecular formula is C16H15N5O4. The molecule has 3 aromatic rings. The molecule has 0 bridgehead atoms. The molecule has 25 heavy (non-hydrogen) atoms. The van der Waals surface area contributed by atoms with Gasteiger partial charge < -0.3 is 9.26 Å². The molecule has 3 N–H and O–H groups in total. The first-order valence-corrected chi connectivity index (χ1v) is 7.30. The summed E-state index contributed by atoms with van der Waals surface area (Å²) in [5.74, 6) is -0.426. The fraction of sp³-hybridized carbons (Fsp3) is 0.125. The molecule has 1 aromatic carbocycles. The molecule has 128 valence electrons. The predicted octanol–water partition coefficient (Wildman–Crippen LogP) is 1.46. The van der Waals surface area contributed by atoms with Gasteiger partial charge in [-0.05, 0) is 37.3 Å². The van der Waals surface area contributed by atoms with E-state index >= 15 is 0 Å². The predicted molar refractivity (Wildman–Crippen MR) is 86.7 cm³/mol. The van der Waals surface area contributed by atoms with Gasteiger partial charge in [0.25, 0.3) is 5.91 Å². The number of amides is 2. The number of aromatic amines is 1. The summed E-state index contributed by atoms with van der Waals surface area (Å²) in [5.41, 5.74) is 6.67. The van der Waals surface area contributed by atoms with E-state index in [0.29, 0.717) is 11.4 Å². The van der Waals surface area contributed by atoms with Crippen LogP contribution < -0.4 is 15.6 Å². The Morgan fingerprint density at radius 2 is 1.84 bits per heavy atom. The van der Waals surface area contributed by atoms with Crippen LogP contribution in [0.4, 0.5) is 0 Å². The molecule has 0 saturated heterocycles. The third kappa shape index (κ3) is 3.66. The SMILES string of the molecule is COc1ccc(-c2cc(C(=O)NNC(=O)c3cc(C)no3)[nH]n2)cc1. The Labute approximate surface area is 142 Å². The van der Waals surface area contributed by atoms with Gasteiger partial charge in [-0.25, -0.2) is 0 Å². The van der Waals surface area contributed by atoms with Gasteiger partial charge in [0.05, 0.1) is 18.5 Å². The molecule has 0 spiro atoms. The molecule has 0 unspecified atom stereocenters. The molecule has 3 rings (SSSR count). The van der Waals surface area contributed by atoms with Crippen molar-refractivity contribution in [2.45, 2.75) is 6.92 Å². The number of ether oxygens (including phenoxy) is 1. The zero-order chi connectivity index (χ0) is 17.8. The van der Waals surface area contributed by atoms with Crippen LogP contribution >= 0.6 is 0 Å². The molecule has 2 heterocycles. The van der Waals surface area contributed by atoms with Crippen molar-refractivity contribution in [3.05, 3.63) is 53.5 Å². The van der Waals surface area contributed by atoms with Crippen LogP contribution in [0.5, 0.6) is 5.75 Å². The Kier molecular flexibility index (Phi) is 4.46.